The van der Waals surface area contributed by atoms with Crippen molar-refractivity contribution < 1.29 is 9.18 Å². The van der Waals surface area contributed by atoms with E-state index in [1.165, 1.54) is 6.07 Å². The van der Waals surface area contributed by atoms with Crippen LogP contribution in [0.3, 0.4) is 0 Å². The zero-order chi connectivity index (χ0) is 17.6. The molecule has 1 amide bonds. The van der Waals surface area contributed by atoms with Crippen LogP contribution >= 0.6 is 0 Å². The molecule has 1 saturated heterocycles. The first kappa shape index (κ1) is 17.4. The quantitative estimate of drug-likeness (QED) is 0.905. The minimum absolute atomic E-state index is 0.114. The van der Waals surface area contributed by atoms with Crippen molar-refractivity contribution in [2.75, 3.05) is 18.4 Å². The smallest absolute Gasteiger partial charge is 0.225 e. The van der Waals surface area contributed by atoms with Gasteiger partial charge >= 0.3 is 0 Å². The van der Waals surface area contributed by atoms with Crippen LogP contribution in [0.15, 0.2) is 48.8 Å². The van der Waals surface area contributed by atoms with E-state index in [0.717, 1.165) is 31.6 Å². The maximum Gasteiger partial charge on any atom is 0.225 e. The fraction of sp³-hybridized carbons (Fsp3) is 0.400. The zero-order valence-corrected chi connectivity index (χ0v) is 14.5. The highest BCUT2D eigenvalue weighted by Gasteiger charge is 2.26. The van der Waals surface area contributed by atoms with Crippen LogP contribution in [0.4, 0.5) is 10.1 Å². The number of carbonyl (C=O) groups excluding carboxylic acids is 1. The standard InChI is InChI=1S/C20H24FN3O/c1-15(13-16-5-2-3-7-19(16)21)20(25)24-11-8-17(9-12-24)23-18-6-4-10-22-14-18/h2-7,10,14-15,17,23H,8-9,11-13H2,1H3/t15-/m1/s1. The lowest BCUT2D eigenvalue weighted by molar-refractivity contribution is -0.135. The molecule has 0 bridgehead atoms. The van der Waals surface area contributed by atoms with E-state index in [9.17, 15) is 9.18 Å². The predicted octanol–water partition coefficient (Wildman–Crippen LogP) is 3.50. The summed E-state index contributed by atoms with van der Waals surface area (Å²) in [6.07, 6.45) is 5.83. The number of hydrogen-bond donors (Lipinski definition) is 1. The maximum absolute atomic E-state index is 13.8. The largest absolute Gasteiger partial charge is 0.381 e. The van der Waals surface area contributed by atoms with Crippen LogP contribution in [0.2, 0.25) is 0 Å². The predicted molar refractivity (Wildman–Crippen MR) is 96.7 cm³/mol. The van der Waals surface area contributed by atoms with Gasteiger partial charge in [-0.3, -0.25) is 9.78 Å². The van der Waals surface area contributed by atoms with Crippen LogP contribution in [-0.4, -0.2) is 34.9 Å². The van der Waals surface area contributed by atoms with Crippen molar-refractivity contribution in [2.45, 2.75) is 32.2 Å². The molecule has 0 unspecified atom stereocenters. The molecule has 1 atom stereocenters. The van der Waals surface area contributed by atoms with Crippen molar-refractivity contribution >= 4 is 11.6 Å². The number of rotatable bonds is 5. The van der Waals surface area contributed by atoms with Crippen LogP contribution in [0.25, 0.3) is 0 Å². The van der Waals surface area contributed by atoms with Gasteiger partial charge in [-0.15, -0.1) is 0 Å². The highest BCUT2D eigenvalue weighted by molar-refractivity contribution is 5.79. The number of aromatic nitrogens is 1. The first-order chi connectivity index (χ1) is 12.1. The lowest BCUT2D eigenvalue weighted by Crippen LogP contribution is -2.44. The lowest BCUT2D eigenvalue weighted by atomic mass is 9.97. The highest BCUT2D eigenvalue weighted by atomic mass is 19.1. The van der Waals surface area contributed by atoms with E-state index >= 15 is 0 Å². The first-order valence-corrected chi connectivity index (χ1v) is 8.82. The van der Waals surface area contributed by atoms with Crippen LogP contribution in [0, 0.1) is 11.7 Å². The number of piperidine rings is 1. The minimum Gasteiger partial charge on any atom is -0.381 e. The summed E-state index contributed by atoms with van der Waals surface area (Å²) >= 11 is 0. The first-order valence-electron chi connectivity index (χ1n) is 8.82. The summed E-state index contributed by atoms with van der Waals surface area (Å²) in [7, 11) is 0. The van der Waals surface area contributed by atoms with Crippen molar-refractivity contribution in [1.29, 1.82) is 0 Å². The maximum atomic E-state index is 13.8. The van der Waals surface area contributed by atoms with E-state index in [4.69, 9.17) is 0 Å². The summed E-state index contributed by atoms with van der Waals surface area (Å²) in [5.74, 6) is -0.329. The molecule has 1 fully saturated rings. The van der Waals surface area contributed by atoms with E-state index in [1.54, 1.807) is 18.3 Å². The molecule has 1 aromatic heterocycles. The Balaban J connectivity index is 1.50. The third kappa shape index (κ3) is 4.56. The monoisotopic (exact) mass is 341 g/mol. The number of benzene rings is 1. The van der Waals surface area contributed by atoms with Crippen molar-refractivity contribution in [2.24, 2.45) is 5.92 Å². The SMILES string of the molecule is C[C@H](Cc1ccccc1F)C(=O)N1CCC(Nc2cccnc2)CC1. The minimum atomic E-state index is -0.235. The molecular weight excluding hydrogens is 317 g/mol. The second-order valence-electron chi connectivity index (χ2n) is 6.68. The molecule has 5 heteroatoms. The fourth-order valence-corrected chi connectivity index (χ4v) is 3.32. The van der Waals surface area contributed by atoms with E-state index in [-0.39, 0.29) is 17.6 Å². The number of likely N-dealkylation sites (tertiary alicyclic amines) is 1. The Morgan fingerprint density at radius 2 is 2.04 bits per heavy atom. The molecule has 1 aliphatic rings. The van der Waals surface area contributed by atoms with Gasteiger partial charge in [-0.25, -0.2) is 4.39 Å². The molecule has 2 heterocycles. The molecular formula is C20H24FN3O. The number of hydrogen-bond acceptors (Lipinski definition) is 3. The van der Waals surface area contributed by atoms with Crippen molar-refractivity contribution in [3.8, 4) is 0 Å². The Hall–Kier alpha value is -2.43. The molecule has 1 N–H and O–H groups in total. The normalized spacial score (nSPS) is 16.5. The topological polar surface area (TPSA) is 45.2 Å². The van der Waals surface area contributed by atoms with E-state index in [2.05, 4.69) is 10.3 Å². The average molecular weight is 341 g/mol. The van der Waals surface area contributed by atoms with Crippen molar-refractivity contribution in [1.82, 2.24) is 9.88 Å². The Morgan fingerprint density at radius 1 is 1.28 bits per heavy atom. The third-order valence-electron chi connectivity index (χ3n) is 4.74. The van der Waals surface area contributed by atoms with Gasteiger partial charge in [0.15, 0.2) is 0 Å². The molecule has 0 aliphatic carbocycles. The highest BCUT2D eigenvalue weighted by Crippen LogP contribution is 2.20. The molecule has 132 valence electrons. The van der Waals surface area contributed by atoms with Gasteiger partial charge in [0.1, 0.15) is 5.82 Å². The Kier molecular flexibility index (Phi) is 5.64. The van der Waals surface area contributed by atoms with Crippen molar-refractivity contribution in [3.63, 3.8) is 0 Å². The molecule has 25 heavy (non-hydrogen) atoms. The number of pyridine rings is 1. The summed E-state index contributed by atoms with van der Waals surface area (Å²) in [6.45, 7) is 3.35. The van der Waals surface area contributed by atoms with Crippen LogP contribution in [-0.2, 0) is 11.2 Å². The molecule has 0 saturated carbocycles. The molecule has 0 radical (unpaired) electrons. The second-order valence-corrected chi connectivity index (χ2v) is 6.68. The van der Waals surface area contributed by atoms with Crippen LogP contribution in [0.1, 0.15) is 25.3 Å². The summed E-state index contributed by atoms with van der Waals surface area (Å²) in [4.78, 5) is 18.7. The van der Waals surface area contributed by atoms with Crippen molar-refractivity contribution in [3.05, 3.63) is 60.2 Å². The van der Waals surface area contributed by atoms with Gasteiger partial charge in [0.05, 0.1) is 5.69 Å². The summed E-state index contributed by atoms with van der Waals surface area (Å²) < 4.78 is 13.8. The van der Waals surface area contributed by atoms with Crippen LogP contribution < -0.4 is 5.32 Å². The Bertz CT molecular complexity index is 699. The Labute approximate surface area is 148 Å². The number of carbonyl (C=O) groups is 1. The number of anilines is 1. The molecule has 0 spiro atoms. The van der Waals surface area contributed by atoms with E-state index in [0.29, 0.717) is 18.0 Å². The Morgan fingerprint density at radius 3 is 2.72 bits per heavy atom. The third-order valence-corrected chi connectivity index (χ3v) is 4.74. The van der Waals surface area contributed by atoms with Crippen LogP contribution in [0.5, 0.6) is 0 Å². The van der Waals surface area contributed by atoms with Gasteiger partial charge in [-0.1, -0.05) is 25.1 Å². The van der Waals surface area contributed by atoms with Gasteiger partial charge in [-0.2, -0.15) is 0 Å². The summed E-state index contributed by atoms with van der Waals surface area (Å²) in [5, 5.41) is 3.47. The molecule has 3 rings (SSSR count). The average Bonchev–Trinajstić information content (AvgIpc) is 2.64. The van der Waals surface area contributed by atoms with Gasteiger partial charge in [-0.05, 0) is 43.0 Å². The van der Waals surface area contributed by atoms with E-state index in [1.807, 2.05) is 36.2 Å². The second kappa shape index (κ2) is 8.10. The number of nitrogens with zero attached hydrogens (tertiary/aromatic N) is 2. The van der Waals surface area contributed by atoms with E-state index < -0.39 is 0 Å². The number of nitrogens with one attached hydrogen (secondary N) is 1. The number of amides is 1. The summed E-state index contributed by atoms with van der Waals surface area (Å²) in [6, 6.07) is 10.9. The summed E-state index contributed by atoms with van der Waals surface area (Å²) in [5.41, 5.74) is 1.62. The van der Waals surface area contributed by atoms with Gasteiger partial charge in [0, 0.05) is 37.4 Å². The lowest BCUT2D eigenvalue weighted by Gasteiger charge is -2.34. The molecule has 2 aromatic rings. The molecule has 1 aliphatic heterocycles. The number of halogens is 1. The van der Waals surface area contributed by atoms with Gasteiger partial charge in [0.25, 0.3) is 0 Å². The molecule has 4 nitrogen and oxygen atoms in total. The molecule has 1 aromatic carbocycles. The van der Waals surface area contributed by atoms with Gasteiger partial charge < -0.3 is 10.2 Å². The van der Waals surface area contributed by atoms with Gasteiger partial charge in [0.2, 0.25) is 5.91 Å². The fourth-order valence-electron chi connectivity index (χ4n) is 3.32. The zero-order valence-electron chi connectivity index (χ0n) is 14.5.